The molecule has 2 amide bonds. The number of piperidine rings is 1. The fraction of sp³-hybridized carbons (Fsp3) is 0.357. The molecule has 0 saturated carbocycles. The van der Waals surface area contributed by atoms with Gasteiger partial charge in [-0.05, 0) is 64.3 Å². The van der Waals surface area contributed by atoms with Gasteiger partial charge in [0.25, 0.3) is 5.91 Å². The van der Waals surface area contributed by atoms with Crippen molar-refractivity contribution in [2.24, 2.45) is 0 Å². The van der Waals surface area contributed by atoms with Gasteiger partial charge in [-0.1, -0.05) is 12.1 Å². The van der Waals surface area contributed by atoms with E-state index in [-0.39, 0.29) is 23.6 Å². The summed E-state index contributed by atoms with van der Waals surface area (Å²) in [6, 6.07) is 11.4. The number of benzene rings is 1. The van der Waals surface area contributed by atoms with Crippen LogP contribution in [0.5, 0.6) is 0 Å². The molecule has 1 aliphatic heterocycles. The van der Waals surface area contributed by atoms with Crippen molar-refractivity contribution in [2.45, 2.75) is 58.6 Å². The lowest BCUT2D eigenvalue weighted by molar-refractivity contribution is 0.00853. The molecule has 10 heteroatoms. The van der Waals surface area contributed by atoms with Crippen molar-refractivity contribution < 1.29 is 19.1 Å². The van der Waals surface area contributed by atoms with Gasteiger partial charge in [0.05, 0.1) is 23.4 Å². The van der Waals surface area contributed by atoms with E-state index in [9.17, 15) is 14.4 Å². The Morgan fingerprint density at radius 1 is 1.16 bits per heavy atom. The normalized spacial score (nSPS) is 15.4. The smallest absolute Gasteiger partial charge is 0.410 e. The average Bonchev–Trinajstić information content (AvgIpc) is 3.34. The topological polar surface area (TPSA) is 141 Å². The van der Waals surface area contributed by atoms with Gasteiger partial charge in [-0.15, -0.1) is 0 Å². The van der Waals surface area contributed by atoms with Crippen LogP contribution in [0.15, 0.2) is 42.6 Å². The van der Waals surface area contributed by atoms with Crippen LogP contribution in [0, 0.1) is 11.3 Å². The number of rotatable bonds is 5. The van der Waals surface area contributed by atoms with Gasteiger partial charge < -0.3 is 15.0 Å². The van der Waals surface area contributed by atoms with E-state index in [4.69, 9.17) is 15.0 Å². The van der Waals surface area contributed by atoms with Crippen molar-refractivity contribution in [2.75, 3.05) is 11.9 Å². The van der Waals surface area contributed by atoms with Crippen molar-refractivity contribution in [1.29, 1.82) is 5.26 Å². The van der Waals surface area contributed by atoms with Crippen molar-refractivity contribution >= 4 is 23.6 Å². The fourth-order valence-corrected chi connectivity index (χ4v) is 4.30. The number of carbonyl (C=O) groups excluding carboxylic acids is 3. The summed E-state index contributed by atoms with van der Waals surface area (Å²) in [6.45, 7) is 7.48. The number of ketones is 1. The lowest BCUT2D eigenvalue weighted by Gasteiger charge is -2.35. The number of pyridine rings is 1. The summed E-state index contributed by atoms with van der Waals surface area (Å²) in [5.41, 5.74) is 1.59. The number of nitrogens with one attached hydrogen (secondary N) is 2. The number of hydrogen-bond acceptors (Lipinski definition) is 7. The number of imidazole rings is 1. The number of nitrogens with zero attached hydrogens (tertiary/aromatic N) is 4. The highest BCUT2D eigenvalue weighted by atomic mass is 16.6. The molecule has 0 aliphatic carbocycles. The molecule has 2 N–H and O–H groups in total. The Hall–Kier alpha value is -4.52. The molecule has 1 aliphatic rings. The number of likely N-dealkylation sites (tertiary alicyclic amines) is 1. The Balaban J connectivity index is 1.58. The van der Waals surface area contributed by atoms with Gasteiger partial charge in [0.2, 0.25) is 0 Å². The summed E-state index contributed by atoms with van der Waals surface area (Å²) < 4.78 is 5.61. The third kappa shape index (κ3) is 6.06. The molecule has 3 aromatic rings. The minimum absolute atomic E-state index is 0.191. The summed E-state index contributed by atoms with van der Waals surface area (Å²) >= 11 is 0. The molecule has 196 valence electrons. The van der Waals surface area contributed by atoms with Crippen LogP contribution < -0.4 is 5.32 Å². The Morgan fingerprint density at radius 3 is 2.55 bits per heavy atom. The molecule has 0 unspecified atom stereocenters. The van der Waals surface area contributed by atoms with E-state index in [1.165, 1.54) is 19.2 Å². The zero-order valence-corrected chi connectivity index (χ0v) is 21.9. The predicted octanol–water partition coefficient (Wildman–Crippen LogP) is 5.26. The van der Waals surface area contributed by atoms with E-state index in [1.54, 1.807) is 35.2 Å². The molecule has 0 spiro atoms. The highest BCUT2D eigenvalue weighted by Crippen LogP contribution is 2.33. The molecule has 3 heterocycles. The largest absolute Gasteiger partial charge is 0.444 e. The molecule has 4 rings (SSSR count). The number of hydrogen-bond donors (Lipinski definition) is 2. The van der Waals surface area contributed by atoms with E-state index < -0.39 is 11.7 Å². The van der Waals surface area contributed by atoms with Crippen LogP contribution >= 0.6 is 0 Å². The van der Waals surface area contributed by atoms with Crippen LogP contribution in [0.2, 0.25) is 0 Å². The maximum atomic E-state index is 12.9. The molecule has 2 aromatic heterocycles. The average molecular weight is 515 g/mol. The first-order valence-corrected chi connectivity index (χ1v) is 12.4. The van der Waals surface area contributed by atoms with Crippen LogP contribution in [-0.2, 0) is 4.74 Å². The number of nitriles is 1. The van der Waals surface area contributed by atoms with Gasteiger partial charge in [-0.3, -0.25) is 14.5 Å². The highest BCUT2D eigenvalue weighted by molar-refractivity contribution is 6.04. The van der Waals surface area contributed by atoms with Crippen molar-refractivity contribution in [3.63, 3.8) is 0 Å². The van der Waals surface area contributed by atoms with E-state index in [1.807, 2.05) is 26.8 Å². The SMILES string of the molecule is CC(=O)c1[nH]c([C@@H]2CCCCN2C(=O)OC(C)(C)C)nc1-c1ccc(C(=O)Nc2cc(C#N)ccn2)cc1. The molecule has 1 atom stereocenters. The maximum absolute atomic E-state index is 12.9. The van der Waals surface area contributed by atoms with Crippen LogP contribution in [0.4, 0.5) is 10.6 Å². The van der Waals surface area contributed by atoms with Gasteiger partial charge >= 0.3 is 6.09 Å². The first-order chi connectivity index (χ1) is 18.1. The van der Waals surface area contributed by atoms with E-state index in [0.717, 1.165) is 12.8 Å². The number of H-pyrrole nitrogens is 1. The maximum Gasteiger partial charge on any atom is 0.410 e. The van der Waals surface area contributed by atoms with Gasteiger partial charge in [0.15, 0.2) is 5.78 Å². The van der Waals surface area contributed by atoms with Crippen LogP contribution in [-0.4, -0.2) is 49.8 Å². The Bertz CT molecular complexity index is 1400. The molecule has 1 aromatic carbocycles. The van der Waals surface area contributed by atoms with Gasteiger partial charge in [0, 0.05) is 30.8 Å². The van der Waals surface area contributed by atoms with Crippen LogP contribution in [0.25, 0.3) is 11.3 Å². The molecule has 1 fully saturated rings. The number of amides is 2. The molecule has 1 saturated heterocycles. The minimum atomic E-state index is -0.624. The third-order valence-corrected chi connectivity index (χ3v) is 6.07. The summed E-state index contributed by atoms with van der Waals surface area (Å²) in [7, 11) is 0. The number of ether oxygens (including phenoxy) is 1. The molecule has 10 nitrogen and oxygen atoms in total. The third-order valence-electron chi connectivity index (χ3n) is 6.07. The number of anilines is 1. The molecule has 38 heavy (non-hydrogen) atoms. The van der Waals surface area contributed by atoms with Gasteiger partial charge in [-0.2, -0.15) is 5.26 Å². The highest BCUT2D eigenvalue weighted by Gasteiger charge is 2.34. The van der Waals surface area contributed by atoms with Gasteiger partial charge in [-0.25, -0.2) is 14.8 Å². The zero-order chi connectivity index (χ0) is 27.4. The second-order valence-corrected chi connectivity index (χ2v) is 10.2. The second kappa shape index (κ2) is 10.8. The lowest BCUT2D eigenvalue weighted by Crippen LogP contribution is -2.42. The van der Waals surface area contributed by atoms with E-state index >= 15 is 0 Å². The fourth-order valence-electron chi connectivity index (χ4n) is 4.30. The van der Waals surface area contributed by atoms with Crippen molar-refractivity contribution in [1.82, 2.24) is 19.9 Å². The summed E-state index contributed by atoms with van der Waals surface area (Å²) in [6.07, 6.45) is 3.53. The predicted molar refractivity (Wildman–Crippen MR) is 140 cm³/mol. The molecular formula is C28H30N6O4. The quantitative estimate of drug-likeness (QED) is 0.442. The first kappa shape index (κ1) is 26.5. The zero-order valence-electron chi connectivity index (χ0n) is 21.9. The Morgan fingerprint density at radius 2 is 1.89 bits per heavy atom. The lowest BCUT2D eigenvalue weighted by atomic mass is 10.0. The first-order valence-electron chi connectivity index (χ1n) is 12.4. The number of carbonyl (C=O) groups is 3. The van der Waals surface area contributed by atoms with Crippen LogP contribution in [0.1, 0.15) is 85.2 Å². The molecular weight excluding hydrogens is 484 g/mol. The Labute approximate surface area is 221 Å². The van der Waals surface area contributed by atoms with Gasteiger partial charge in [0.1, 0.15) is 22.9 Å². The molecule has 0 bridgehead atoms. The van der Waals surface area contributed by atoms with Crippen molar-refractivity contribution in [3.05, 3.63) is 65.2 Å². The second-order valence-electron chi connectivity index (χ2n) is 10.2. The summed E-state index contributed by atoms with van der Waals surface area (Å²) in [5.74, 6) is 0.226. The van der Waals surface area contributed by atoms with Crippen molar-refractivity contribution in [3.8, 4) is 17.3 Å². The monoisotopic (exact) mass is 514 g/mol. The summed E-state index contributed by atoms with van der Waals surface area (Å²) in [5, 5.41) is 11.7. The van der Waals surface area contributed by atoms with E-state index in [2.05, 4.69) is 15.3 Å². The molecule has 0 radical (unpaired) electrons. The number of aromatic nitrogens is 3. The number of Topliss-reactive ketones (excluding diaryl/α,β-unsaturated/α-hetero) is 1. The number of aromatic amines is 1. The Kier molecular flexibility index (Phi) is 7.57. The standard InChI is InChI=1S/C28H30N6O4/c1-17(35)23-24(33-25(32-23)21-7-5-6-14-34(21)27(37)38-28(2,3)4)19-8-10-20(11-9-19)26(36)31-22-15-18(16-29)12-13-30-22/h8-13,15,21H,5-7,14H2,1-4H3,(H,32,33)(H,30,31,36)/t21-/m0/s1. The minimum Gasteiger partial charge on any atom is -0.444 e. The summed E-state index contributed by atoms with van der Waals surface area (Å²) in [4.78, 5) is 51.7. The van der Waals surface area contributed by atoms with E-state index in [0.29, 0.717) is 46.9 Å². The van der Waals surface area contributed by atoms with Crippen LogP contribution in [0.3, 0.4) is 0 Å².